The fourth-order valence-electron chi connectivity index (χ4n) is 2.15. The Balaban J connectivity index is 1.79. The quantitative estimate of drug-likeness (QED) is 0.849. The van der Waals surface area contributed by atoms with E-state index in [-0.39, 0.29) is 18.2 Å². The van der Waals surface area contributed by atoms with Gasteiger partial charge in [-0.25, -0.2) is 22.3 Å². The molecule has 1 aliphatic heterocycles. The van der Waals surface area contributed by atoms with E-state index in [0.29, 0.717) is 17.1 Å². The number of fused-ring (bicyclic) bond motifs is 1. The molecule has 0 atom stereocenters. The Morgan fingerprint density at radius 3 is 2.67 bits per heavy atom. The molecule has 0 saturated carbocycles. The number of rotatable bonds is 5. The first kappa shape index (κ1) is 16.2. The van der Waals surface area contributed by atoms with Gasteiger partial charge in [0, 0.05) is 6.54 Å². The average Bonchev–Trinajstić information content (AvgIpc) is 3.00. The lowest BCUT2D eigenvalue weighted by molar-refractivity contribution is 0.0691. The zero-order chi connectivity index (χ0) is 17.3. The summed E-state index contributed by atoms with van der Waals surface area (Å²) in [5.74, 6) is -1.45. The second-order valence-electron chi connectivity index (χ2n) is 4.96. The van der Waals surface area contributed by atoms with Crippen LogP contribution in [-0.4, -0.2) is 26.3 Å². The van der Waals surface area contributed by atoms with Crippen molar-refractivity contribution in [3.8, 4) is 11.5 Å². The van der Waals surface area contributed by atoms with Crippen molar-refractivity contribution in [3.63, 3.8) is 0 Å². The first-order valence-corrected chi connectivity index (χ1v) is 8.26. The van der Waals surface area contributed by atoms with Crippen LogP contribution in [-0.2, 0) is 16.6 Å². The molecule has 0 aromatic heterocycles. The summed E-state index contributed by atoms with van der Waals surface area (Å²) < 4.78 is 50.5. The summed E-state index contributed by atoms with van der Waals surface area (Å²) in [6, 6.07) is 7.55. The molecule has 9 heteroatoms. The summed E-state index contributed by atoms with van der Waals surface area (Å²) in [5.41, 5.74) is -0.0793. The number of hydrogen-bond donors (Lipinski definition) is 2. The van der Waals surface area contributed by atoms with Crippen LogP contribution in [0, 0.1) is 5.82 Å². The second-order valence-corrected chi connectivity index (χ2v) is 6.73. The van der Waals surface area contributed by atoms with Gasteiger partial charge in [0.1, 0.15) is 5.82 Å². The SMILES string of the molecule is O=C(O)c1cc(S(=O)(=O)NCc2ccc3c(c2)OCO3)ccc1F. The standard InChI is InChI=1S/C15H12FNO6S/c16-12-3-2-10(6-11(12)15(18)19)24(20,21)17-7-9-1-4-13-14(5-9)23-8-22-13/h1-6,17H,7-8H2,(H,18,19). The van der Waals surface area contributed by atoms with Gasteiger partial charge in [0.05, 0.1) is 10.5 Å². The molecule has 1 aliphatic rings. The molecule has 126 valence electrons. The Morgan fingerprint density at radius 1 is 1.17 bits per heavy atom. The van der Waals surface area contributed by atoms with Crippen LogP contribution in [0.1, 0.15) is 15.9 Å². The van der Waals surface area contributed by atoms with Gasteiger partial charge in [0.2, 0.25) is 16.8 Å². The minimum absolute atomic E-state index is 0.0429. The van der Waals surface area contributed by atoms with Crippen LogP contribution in [0.5, 0.6) is 11.5 Å². The van der Waals surface area contributed by atoms with E-state index in [0.717, 1.165) is 18.2 Å². The largest absolute Gasteiger partial charge is 0.478 e. The van der Waals surface area contributed by atoms with Gasteiger partial charge in [-0.3, -0.25) is 0 Å². The van der Waals surface area contributed by atoms with Crippen LogP contribution < -0.4 is 14.2 Å². The van der Waals surface area contributed by atoms with E-state index in [9.17, 15) is 17.6 Å². The highest BCUT2D eigenvalue weighted by Crippen LogP contribution is 2.32. The lowest BCUT2D eigenvalue weighted by atomic mass is 10.2. The number of aromatic carboxylic acids is 1. The van der Waals surface area contributed by atoms with Crippen molar-refractivity contribution < 1.29 is 32.2 Å². The molecule has 2 aromatic carbocycles. The van der Waals surface area contributed by atoms with Crippen molar-refractivity contribution >= 4 is 16.0 Å². The first-order chi connectivity index (χ1) is 11.4. The van der Waals surface area contributed by atoms with Gasteiger partial charge >= 0.3 is 5.97 Å². The Kier molecular flexibility index (Phi) is 4.12. The van der Waals surface area contributed by atoms with Crippen LogP contribution in [0.15, 0.2) is 41.3 Å². The molecular formula is C15H12FNO6S. The van der Waals surface area contributed by atoms with E-state index in [1.54, 1.807) is 18.2 Å². The van der Waals surface area contributed by atoms with Crippen LogP contribution in [0.2, 0.25) is 0 Å². The number of halogens is 1. The number of hydrogen-bond acceptors (Lipinski definition) is 5. The molecule has 0 amide bonds. The summed E-state index contributed by atoms with van der Waals surface area (Å²) in [6.45, 7) is 0.0663. The van der Waals surface area contributed by atoms with E-state index in [1.165, 1.54) is 0 Å². The Hall–Kier alpha value is -2.65. The fourth-order valence-corrected chi connectivity index (χ4v) is 3.19. The Morgan fingerprint density at radius 2 is 1.92 bits per heavy atom. The average molecular weight is 353 g/mol. The van der Waals surface area contributed by atoms with Gasteiger partial charge in [-0.15, -0.1) is 0 Å². The molecule has 24 heavy (non-hydrogen) atoms. The van der Waals surface area contributed by atoms with Crippen molar-refractivity contribution in [1.29, 1.82) is 0 Å². The van der Waals surface area contributed by atoms with E-state index >= 15 is 0 Å². The minimum Gasteiger partial charge on any atom is -0.478 e. The van der Waals surface area contributed by atoms with Crippen LogP contribution in [0.4, 0.5) is 4.39 Å². The number of nitrogens with one attached hydrogen (secondary N) is 1. The molecule has 0 aliphatic carbocycles. The van der Waals surface area contributed by atoms with Crippen molar-refractivity contribution in [2.75, 3.05) is 6.79 Å². The lowest BCUT2D eigenvalue weighted by Crippen LogP contribution is -2.23. The van der Waals surface area contributed by atoms with Gasteiger partial charge in [-0.1, -0.05) is 6.07 Å². The summed E-state index contributed by atoms with van der Waals surface area (Å²) >= 11 is 0. The van der Waals surface area contributed by atoms with E-state index in [4.69, 9.17) is 14.6 Å². The number of carbonyl (C=O) groups is 1. The summed E-state index contributed by atoms with van der Waals surface area (Å²) in [4.78, 5) is 10.6. The van der Waals surface area contributed by atoms with Crippen molar-refractivity contribution in [3.05, 3.63) is 53.3 Å². The number of benzene rings is 2. The maximum atomic E-state index is 13.4. The highest BCUT2D eigenvalue weighted by atomic mass is 32.2. The summed E-state index contributed by atoms with van der Waals surface area (Å²) in [7, 11) is -4.00. The van der Waals surface area contributed by atoms with Crippen LogP contribution >= 0.6 is 0 Å². The first-order valence-electron chi connectivity index (χ1n) is 6.78. The van der Waals surface area contributed by atoms with Gasteiger partial charge in [-0.05, 0) is 35.9 Å². The maximum Gasteiger partial charge on any atom is 0.338 e. The van der Waals surface area contributed by atoms with Crippen LogP contribution in [0.25, 0.3) is 0 Å². The smallest absolute Gasteiger partial charge is 0.338 e. The molecule has 0 spiro atoms. The van der Waals surface area contributed by atoms with Crippen molar-refractivity contribution in [2.24, 2.45) is 0 Å². The molecule has 2 aromatic rings. The second kappa shape index (κ2) is 6.10. The molecule has 0 fully saturated rings. The van der Waals surface area contributed by atoms with E-state index < -0.39 is 27.4 Å². The van der Waals surface area contributed by atoms with Gasteiger partial charge in [0.15, 0.2) is 11.5 Å². The van der Waals surface area contributed by atoms with Gasteiger partial charge in [0.25, 0.3) is 0 Å². The highest BCUT2D eigenvalue weighted by molar-refractivity contribution is 7.89. The normalized spacial score (nSPS) is 13.0. The predicted molar refractivity (Wildman–Crippen MR) is 79.9 cm³/mol. The number of carboxylic acids is 1. The number of carboxylic acid groups (broad SMARTS) is 1. The molecule has 0 unspecified atom stereocenters. The van der Waals surface area contributed by atoms with Gasteiger partial charge in [-0.2, -0.15) is 0 Å². The minimum atomic E-state index is -4.00. The summed E-state index contributed by atoms with van der Waals surface area (Å²) in [6.07, 6.45) is 0. The monoisotopic (exact) mass is 353 g/mol. The molecule has 3 rings (SSSR count). The van der Waals surface area contributed by atoms with Crippen molar-refractivity contribution in [2.45, 2.75) is 11.4 Å². The Labute approximate surface area is 136 Å². The molecule has 0 bridgehead atoms. The molecule has 0 saturated heterocycles. The van der Waals surface area contributed by atoms with Gasteiger partial charge < -0.3 is 14.6 Å². The molecule has 1 heterocycles. The molecule has 0 radical (unpaired) electrons. The zero-order valence-corrected chi connectivity index (χ0v) is 13.0. The lowest BCUT2D eigenvalue weighted by Gasteiger charge is -2.08. The highest BCUT2D eigenvalue weighted by Gasteiger charge is 2.20. The molecule has 7 nitrogen and oxygen atoms in total. The molecular weight excluding hydrogens is 341 g/mol. The Bertz CT molecular complexity index is 912. The number of sulfonamides is 1. The van der Waals surface area contributed by atoms with Crippen molar-refractivity contribution in [1.82, 2.24) is 4.72 Å². The van der Waals surface area contributed by atoms with E-state index in [2.05, 4.69) is 4.72 Å². The van der Waals surface area contributed by atoms with Crippen LogP contribution in [0.3, 0.4) is 0 Å². The third kappa shape index (κ3) is 3.17. The predicted octanol–water partition coefficient (Wildman–Crippen LogP) is 1.73. The van der Waals surface area contributed by atoms with E-state index in [1.807, 2.05) is 0 Å². The third-order valence-corrected chi connectivity index (χ3v) is 4.78. The molecule has 2 N–H and O–H groups in total. The maximum absolute atomic E-state index is 13.4. The zero-order valence-electron chi connectivity index (χ0n) is 12.2. The third-order valence-electron chi connectivity index (χ3n) is 3.38. The summed E-state index contributed by atoms with van der Waals surface area (Å²) in [5, 5.41) is 8.87. The fraction of sp³-hybridized carbons (Fsp3) is 0.133. The number of ether oxygens (including phenoxy) is 2. The topological polar surface area (TPSA) is 102 Å².